The van der Waals surface area contributed by atoms with Crippen LogP contribution in [0.15, 0.2) is 85.5 Å². The van der Waals surface area contributed by atoms with Crippen molar-refractivity contribution in [3.8, 4) is 11.5 Å². The molecule has 2 atom stereocenters. The van der Waals surface area contributed by atoms with E-state index in [0.29, 0.717) is 17.4 Å². The Kier molecular flexibility index (Phi) is 7.19. The van der Waals surface area contributed by atoms with Crippen LogP contribution in [0.3, 0.4) is 0 Å². The number of aliphatic hydroxyl groups excluding tert-OH is 1. The predicted molar refractivity (Wildman–Crippen MR) is 124 cm³/mol. The molecule has 0 radical (unpaired) electrons. The Labute approximate surface area is 200 Å². The van der Waals surface area contributed by atoms with Crippen LogP contribution < -0.4 is 4.74 Å². The summed E-state index contributed by atoms with van der Waals surface area (Å²) in [6.45, 7) is -0.521. The molecule has 0 spiro atoms. The third kappa shape index (κ3) is 6.08. The molecule has 1 aromatic heterocycles. The van der Waals surface area contributed by atoms with E-state index in [1.54, 1.807) is 60.7 Å². The Morgan fingerprint density at radius 3 is 2.43 bits per heavy atom. The maximum absolute atomic E-state index is 14.5. The van der Waals surface area contributed by atoms with Crippen LogP contribution in [0, 0.1) is 11.6 Å². The number of hydrogen-bond donors (Lipinski definition) is 3. The second kappa shape index (κ2) is 10.5. The number of ether oxygens (including phenoxy) is 1. The third-order valence-electron chi connectivity index (χ3n) is 5.39. The smallest absolute Gasteiger partial charge is 0.146 e. The van der Waals surface area contributed by atoms with E-state index in [0.717, 1.165) is 11.6 Å². The molecule has 35 heavy (non-hydrogen) atoms. The van der Waals surface area contributed by atoms with Crippen LogP contribution in [0.2, 0.25) is 0 Å². The zero-order valence-corrected chi connectivity index (χ0v) is 18.5. The molecule has 0 aliphatic rings. The Morgan fingerprint density at radius 1 is 1.03 bits per heavy atom. The van der Waals surface area contributed by atoms with Gasteiger partial charge in [0.25, 0.3) is 0 Å². The van der Waals surface area contributed by atoms with Crippen LogP contribution in [-0.4, -0.2) is 36.7 Å². The summed E-state index contributed by atoms with van der Waals surface area (Å²) in [5.41, 5.74) is -0.576. The number of aliphatic hydroxyl groups is 2. The molecule has 3 aromatic carbocycles. The van der Waals surface area contributed by atoms with E-state index in [9.17, 15) is 24.1 Å². The summed E-state index contributed by atoms with van der Waals surface area (Å²) in [7, 11) is 0. The molecule has 2 unspecified atom stereocenters. The highest BCUT2D eigenvalue weighted by atomic mass is 19.1. The molecule has 4 rings (SSSR count). The summed E-state index contributed by atoms with van der Waals surface area (Å²) in [4.78, 5) is 3.83. The molecule has 9 heteroatoms. The van der Waals surface area contributed by atoms with Crippen molar-refractivity contribution in [2.75, 3.05) is 6.61 Å². The SMILES string of the molecule is Oc1ccc(C=CC(O)c2ccc(OCC(O)(Cn3cncn3)c3ccc(F)cc3F)cc2)cc1. The van der Waals surface area contributed by atoms with Crippen LogP contribution >= 0.6 is 0 Å². The number of phenolic OH excluding ortho intramolecular Hbond substituents is 1. The van der Waals surface area contributed by atoms with Crippen molar-refractivity contribution in [3.63, 3.8) is 0 Å². The lowest BCUT2D eigenvalue weighted by atomic mass is 9.94. The summed E-state index contributed by atoms with van der Waals surface area (Å²) in [5, 5.41) is 35.0. The molecule has 0 fully saturated rings. The second-order valence-corrected chi connectivity index (χ2v) is 8.00. The van der Waals surface area contributed by atoms with Crippen LogP contribution in [0.4, 0.5) is 8.78 Å². The Bertz CT molecular complexity index is 1280. The van der Waals surface area contributed by atoms with Gasteiger partial charge >= 0.3 is 0 Å². The van der Waals surface area contributed by atoms with Gasteiger partial charge in [-0.05, 0) is 41.5 Å². The van der Waals surface area contributed by atoms with Gasteiger partial charge < -0.3 is 20.1 Å². The van der Waals surface area contributed by atoms with Crippen molar-refractivity contribution in [2.24, 2.45) is 0 Å². The van der Waals surface area contributed by atoms with Gasteiger partial charge in [-0.25, -0.2) is 18.4 Å². The lowest BCUT2D eigenvalue weighted by Crippen LogP contribution is -2.39. The first kappa shape index (κ1) is 24.1. The molecule has 3 N–H and O–H groups in total. The average Bonchev–Trinajstić information content (AvgIpc) is 3.35. The van der Waals surface area contributed by atoms with Crippen LogP contribution in [0.25, 0.3) is 6.08 Å². The minimum atomic E-state index is -1.86. The van der Waals surface area contributed by atoms with Gasteiger partial charge in [0, 0.05) is 11.6 Å². The van der Waals surface area contributed by atoms with Gasteiger partial charge in [-0.3, -0.25) is 0 Å². The molecule has 4 aromatic rings. The lowest BCUT2D eigenvalue weighted by Gasteiger charge is -2.29. The first-order chi connectivity index (χ1) is 16.8. The first-order valence-corrected chi connectivity index (χ1v) is 10.7. The monoisotopic (exact) mass is 479 g/mol. The van der Waals surface area contributed by atoms with Crippen molar-refractivity contribution in [1.29, 1.82) is 0 Å². The van der Waals surface area contributed by atoms with Gasteiger partial charge in [0.15, 0.2) is 0 Å². The van der Waals surface area contributed by atoms with Gasteiger partial charge in [0.1, 0.15) is 48.0 Å². The summed E-state index contributed by atoms with van der Waals surface area (Å²) in [6, 6.07) is 16.0. The second-order valence-electron chi connectivity index (χ2n) is 8.00. The summed E-state index contributed by atoms with van der Waals surface area (Å²) >= 11 is 0. The fraction of sp³-hybridized carbons (Fsp3) is 0.154. The number of aromatic hydroxyl groups is 1. The topological polar surface area (TPSA) is 101 Å². The molecule has 0 bridgehead atoms. The van der Waals surface area contributed by atoms with Crippen LogP contribution in [-0.2, 0) is 12.1 Å². The van der Waals surface area contributed by atoms with Crippen molar-refractivity contribution in [2.45, 2.75) is 18.2 Å². The lowest BCUT2D eigenvalue weighted by molar-refractivity contribution is -0.0297. The Hall–Kier alpha value is -4.08. The van der Waals surface area contributed by atoms with E-state index in [2.05, 4.69) is 10.1 Å². The summed E-state index contributed by atoms with van der Waals surface area (Å²) < 4.78 is 35.0. The van der Waals surface area contributed by atoms with E-state index in [1.807, 2.05) is 0 Å². The number of phenols is 1. The summed E-state index contributed by atoms with van der Waals surface area (Å²) in [6.07, 6.45) is 5.11. The molecule has 0 amide bonds. The van der Waals surface area contributed by atoms with Gasteiger partial charge in [-0.15, -0.1) is 0 Å². The molecule has 180 valence electrons. The van der Waals surface area contributed by atoms with E-state index in [1.165, 1.54) is 23.4 Å². The number of hydrogen-bond acceptors (Lipinski definition) is 6. The molecule has 0 aliphatic heterocycles. The molecule has 7 nitrogen and oxygen atoms in total. The molecular formula is C26H23F2N3O4. The number of nitrogens with zero attached hydrogens (tertiary/aromatic N) is 3. The molecule has 0 aliphatic carbocycles. The fourth-order valence-electron chi connectivity index (χ4n) is 3.52. The normalized spacial score (nSPS) is 14.1. The molecular weight excluding hydrogens is 456 g/mol. The van der Waals surface area contributed by atoms with E-state index >= 15 is 0 Å². The molecule has 0 saturated heterocycles. The van der Waals surface area contributed by atoms with Gasteiger partial charge in [0.05, 0.1) is 12.6 Å². The van der Waals surface area contributed by atoms with Crippen LogP contribution in [0.5, 0.6) is 11.5 Å². The standard InChI is InChI=1S/C26H23F2N3O4/c27-20-6-11-23(24(28)13-20)26(34,14-31-17-29-16-30-31)15-35-22-9-4-19(5-10-22)25(33)12-3-18-1-7-21(32)8-2-18/h1-13,16-17,25,32-34H,14-15H2. The zero-order chi connectivity index (χ0) is 24.8. The maximum atomic E-state index is 14.5. The Morgan fingerprint density at radius 2 is 1.77 bits per heavy atom. The van der Waals surface area contributed by atoms with Gasteiger partial charge in [0.2, 0.25) is 0 Å². The predicted octanol–water partition coefficient (Wildman–Crippen LogP) is 3.98. The van der Waals surface area contributed by atoms with E-state index < -0.39 is 23.3 Å². The van der Waals surface area contributed by atoms with Crippen molar-refractivity contribution in [3.05, 3.63) is 114 Å². The zero-order valence-electron chi connectivity index (χ0n) is 18.5. The minimum absolute atomic E-state index is 0.138. The minimum Gasteiger partial charge on any atom is -0.508 e. The van der Waals surface area contributed by atoms with Crippen molar-refractivity contribution >= 4 is 6.08 Å². The Balaban J connectivity index is 1.46. The highest BCUT2D eigenvalue weighted by Crippen LogP contribution is 2.28. The average molecular weight is 479 g/mol. The van der Waals surface area contributed by atoms with Crippen LogP contribution in [0.1, 0.15) is 22.8 Å². The molecule has 0 saturated carbocycles. The molecule has 1 heterocycles. The van der Waals surface area contributed by atoms with E-state index in [-0.39, 0.29) is 24.5 Å². The quantitative estimate of drug-likeness (QED) is 0.336. The van der Waals surface area contributed by atoms with Crippen molar-refractivity contribution < 1.29 is 28.8 Å². The van der Waals surface area contributed by atoms with Crippen molar-refractivity contribution in [1.82, 2.24) is 14.8 Å². The highest BCUT2D eigenvalue weighted by molar-refractivity contribution is 5.51. The van der Waals surface area contributed by atoms with Gasteiger partial charge in [-0.2, -0.15) is 5.10 Å². The van der Waals surface area contributed by atoms with E-state index in [4.69, 9.17) is 4.74 Å². The largest absolute Gasteiger partial charge is 0.508 e. The number of aromatic nitrogens is 3. The number of rotatable bonds is 9. The first-order valence-electron chi connectivity index (χ1n) is 10.7. The fourth-order valence-corrected chi connectivity index (χ4v) is 3.52. The number of benzene rings is 3. The summed E-state index contributed by atoms with van der Waals surface area (Å²) in [5.74, 6) is -1.13. The maximum Gasteiger partial charge on any atom is 0.146 e. The highest BCUT2D eigenvalue weighted by Gasteiger charge is 2.34. The van der Waals surface area contributed by atoms with Gasteiger partial charge in [-0.1, -0.05) is 42.5 Å². The number of halogens is 2. The third-order valence-corrected chi connectivity index (χ3v) is 5.39.